The van der Waals surface area contributed by atoms with Crippen molar-refractivity contribution in [2.75, 3.05) is 6.79 Å². The number of benzene rings is 1. The highest BCUT2D eigenvalue weighted by Crippen LogP contribution is 2.40. The highest BCUT2D eigenvalue weighted by Gasteiger charge is 2.41. The Hall–Kier alpha value is -2.15. The van der Waals surface area contributed by atoms with Gasteiger partial charge in [-0.1, -0.05) is 6.92 Å². The Labute approximate surface area is 147 Å². The maximum atomic E-state index is 5.51. The van der Waals surface area contributed by atoms with Crippen molar-refractivity contribution in [1.82, 2.24) is 25.5 Å². The third-order valence-corrected chi connectivity index (χ3v) is 5.19. The molecule has 1 aliphatic heterocycles. The molecule has 0 saturated heterocycles. The van der Waals surface area contributed by atoms with Crippen LogP contribution in [0.4, 0.5) is 0 Å². The Morgan fingerprint density at radius 2 is 1.96 bits per heavy atom. The van der Waals surface area contributed by atoms with E-state index in [9.17, 15) is 0 Å². The van der Waals surface area contributed by atoms with Crippen LogP contribution >= 0.6 is 0 Å². The summed E-state index contributed by atoms with van der Waals surface area (Å²) in [5, 5.41) is 16.5. The van der Waals surface area contributed by atoms with E-state index in [2.05, 4.69) is 41.6 Å². The molecule has 0 radical (unpaired) electrons. The molecule has 0 atom stereocenters. The topological polar surface area (TPSA) is 74.1 Å². The number of nitrogens with one attached hydrogen (secondary N) is 1. The van der Waals surface area contributed by atoms with E-state index in [0.717, 1.165) is 41.8 Å². The summed E-state index contributed by atoms with van der Waals surface area (Å²) < 4.78 is 12.8. The van der Waals surface area contributed by atoms with E-state index in [1.807, 2.05) is 22.9 Å². The summed E-state index contributed by atoms with van der Waals surface area (Å²) in [5.74, 6) is 3.13. The number of tetrazole rings is 1. The van der Waals surface area contributed by atoms with Gasteiger partial charge in [-0.25, -0.2) is 0 Å². The van der Waals surface area contributed by atoms with Gasteiger partial charge in [-0.05, 0) is 68.0 Å². The molecule has 0 amide bonds. The van der Waals surface area contributed by atoms with Gasteiger partial charge >= 0.3 is 0 Å². The fourth-order valence-corrected chi connectivity index (χ4v) is 3.92. The van der Waals surface area contributed by atoms with Crippen molar-refractivity contribution < 1.29 is 9.47 Å². The maximum absolute atomic E-state index is 5.51. The number of hydrogen-bond acceptors (Lipinski definition) is 6. The first-order valence-corrected chi connectivity index (χ1v) is 9.04. The molecular weight excluding hydrogens is 318 g/mol. The smallest absolute Gasteiger partial charge is 0.231 e. The third-order valence-electron chi connectivity index (χ3n) is 5.19. The monoisotopic (exact) mass is 343 g/mol. The predicted molar refractivity (Wildman–Crippen MR) is 92.9 cm³/mol. The Balaban J connectivity index is 1.74. The Bertz CT molecular complexity index is 750. The van der Waals surface area contributed by atoms with Crippen molar-refractivity contribution in [3.05, 3.63) is 24.0 Å². The SMILES string of the molecule is CC1CCC(NC(C)C)(c2nnnn2-c2ccc3c(c2)OCO3)CC1. The van der Waals surface area contributed by atoms with Crippen molar-refractivity contribution in [2.24, 2.45) is 5.92 Å². The number of rotatable bonds is 4. The van der Waals surface area contributed by atoms with Crippen LogP contribution in [0.1, 0.15) is 52.3 Å². The van der Waals surface area contributed by atoms with Gasteiger partial charge in [-0.15, -0.1) is 5.10 Å². The van der Waals surface area contributed by atoms with Gasteiger partial charge in [0.05, 0.1) is 11.2 Å². The standard InChI is InChI=1S/C18H25N5O2/c1-12(2)19-18(8-6-13(3)7-9-18)17-20-21-22-23(17)14-4-5-15-16(10-14)25-11-24-15/h4-5,10,12-13,19H,6-9,11H2,1-3H3. The zero-order valence-corrected chi connectivity index (χ0v) is 15.0. The van der Waals surface area contributed by atoms with Gasteiger partial charge in [0.2, 0.25) is 6.79 Å². The molecule has 1 saturated carbocycles. The summed E-state index contributed by atoms with van der Waals surface area (Å²) in [7, 11) is 0. The number of nitrogens with zero attached hydrogens (tertiary/aromatic N) is 4. The number of ether oxygens (including phenoxy) is 2. The molecule has 1 N–H and O–H groups in total. The Morgan fingerprint density at radius 3 is 2.72 bits per heavy atom. The molecule has 0 spiro atoms. The fourth-order valence-electron chi connectivity index (χ4n) is 3.92. The van der Waals surface area contributed by atoms with Crippen LogP contribution < -0.4 is 14.8 Å². The van der Waals surface area contributed by atoms with Crippen molar-refractivity contribution in [3.8, 4) is 17.2 Å². The van der Waals surface area contributed by atoms with Crippen LogP contribution in [0.15, 0.2) is 18.2 Å². The first-order valence-electron chi connectivity index (χ1n) is 9.04. The molecule has 134 valence electrons. The summed E-state index contributed by atoms with van der Waals surface area (Å²) in [6.45, 7) is 6.93. The second kappa shape index (κ2) is 6.29. The molecule has 25 heavy (non-hydrogen) atoms. The lowest BCUT2D eigenvalue weighted by molar-refractivity contribution is 0.170. The van der Waals surface area contributed by atoms with Gasteiger partial charge in [0.25, 0.3) is 0 Å². The van der Waals surface area contributed by atoms with Crippen LogP contribution in [-0.4, -0.2) is 33.0 Å². The lowest BCUT2D eigenvalue weighted by atomic mass is 9.76. The number of aromatic nitrogens is 4. The summed E-state index contributed by atoms with van der Waals surface area (Å²) in [6.07, 6.45) is 4.43. The minimum atomic E-state index is -0.194. The molecule has 1 aliphatic carbocycles. The van der Waals surface area contributed by atoms with Gasteiger partial charge in [-0.2, -0.15) is 4.68 Å². The van der Waals surface area contributed by atoms with Gasteiger partial charge in [0.1, 0.15) is 0 Å². The van der Waals surface area contributed by atoms with Crippen LogP contribution in [0.5, 0.6) is 11.5 Å². The lowest BCUT2D eigenvalue weighted by Gasteiger charge is -2.40. The quantitative estimate of drug-likeness (QED) is 0.920. The van der Waals surface area contributed by atoms with Crippen molar-refractivity contribution >= 4 is 0 Å². The first-order chi connectivity index (χ1) is 12.1. The van der Waals surface area contributed by atoms with E-state index < -0.39 is 0 Å². The van der Waals surface area contributed by atoms with Crippen LogP contribution in [0, 0.1) is 5.92 Å². The molecule has 2 aromatic rings. The van der Waals surface area contributed by atoms with Crippen LogP contribution in [0.3, 0.4) is 0 Å². The van der Waals surface area contributed by atoms with Crippen molar-refractivity contribution in [1.29, 1.82) is 0 Å². The molecule has 4 rings (SSSR count). The molecule has 0 bridgehead atoms. The molecule has 1 aromatic carbocycles. The average molecular weight is 343 g/mol. The molecule has 2 aliphatic rings. The predicted octanol–water partition coefficient (Wildman–Crippen LogP) is 2.79. The maximum Gasteiger partial charge on any atom is 0.231 e. The molecule has 2 heterocycles. The van der Waals surface area contributed by atoms with Crippen molar-refractivity contribution in [3.63, 3.8) is 0 Å². The second-order valence-corrected chi connectivity index (χ2v) is 7.52. The third kappa shape index (κ3) is 2.97. The van der Waals surface area contributed by atoms with Gasteiger partial charge in [0.15, 0.2) is 17.3 Å². The molecular formula is C18H25N5O2. The summed E-state index contributed by atoms with van der Waals surface area (Å²) in [4.78, 5) is 0. The Morgan fingerprint density at radius 1 is 1.20 bits per heavy atom. The lowest BCUT2D eigenvalue weighted by Crippen LogP contribution is -2.49. The zero-order valence-electron chi connectivity index (χ0n) is 15.0. The number of hydrogen-bond donors (Lipinski definition) is 1. The van der Waals surface area contributed by atoms with Crippen LogP contribution in [0.2, 0.25) is 0 Å². The van der Waals surface area contributed by atoms with Gasteiger partial charge in [0, 0.05) is 12.1 Å². The van der Waals surface area contributed by atoms with E-state index in [0.29, 0.717) is 6.04 Å². The normalized spacial score (nSPS) is 25.5. The van der Waals surface area contributed by atoms with E-state index >= 15 is 0 Å². The molecule has 0 unspecified atom stereocenters. The van der Waals surface area contributed by atoms with Crippen molar-refractivity contribution in [2.45, 2.75) is 58.0 Å². The van der Waals surface area contributed by atoms with E-state index in [-0.39, 0.29) is 12.3 Å². The summed E-state index contributed by atoms with van der Waals surface area (Å²) in [5.41, 5.74) is 0.702. The highest BCUT2D eigenvalue weighted by molar-refractivity contribution is 5.50. The minimum Gasteiger partial charge on any atom is -0.454 e. The fraction of sp³-hybridized carbons (Fsp3) is 0.611. The van der Waals surface area contributed by atoms with E-state index in [1.165, 1.54) is 12.8 Å². The molecule has 7 heteroatoms. The minimum absolute atomic E-state index is 0.194. The van der Waals surface area contributed by atoms with E-state index in [4.69, 9.17) is 9.47 Å². The largest absolute Gasteiger partial charge is 0.454 e. The number of fused-ring (bicyclic) bond motifs is 1. The van der Waals surface area contributed by atoms with E-state index in [1.54, 1.807) is 0 Å². The second-order valence-electron chi connectivity index (χ2n) is 7.52. The van der Waals surface area contributed by atoms with Crippen LogP contribution in [-0.2, 0) is 5.54 Å². The average Bonchev–Trinajstić information content (AvgIpc) is 3.24. The summed E-state index contributed by atoms with van der Waals surface area (Å²) >= 11 is 0. The van der Waals surface area contributed by atoms with Gasteiger partial charge < -0.3 is 14.8 Å². The van der Waals surface area contributed by atoms with Crippen LogP contribution in [0.25, 0.3) is 5.69 Å². The Kier molecular flexibility index (Phi) is 4.11. The molecule has 1 fully saturated rings. The highest BCUT2D eigenvalue weighted by atomic mass is 16.7. The molecule has 1 aromatic heterocycles. The first kappa shape index (κ1) is 16.3. The summed E-state index contributed by atoms with van der Waals surface area (Å²) in [6, 6.07) is 6.18. The van der Waals surface area contributed by atoms with Gasteiger partial charge in [-0.3, -0.25) is 0 Å². The molecule has 7 nitrogen and oxygen atoms in total. The zero-order chi connectivity index (χ0) is 17.4.